The van der Waals surface area contributed by atoms with Crippen LogP contribution >= 0.6 is 0 Å². The molecule has 3 aliphatic rings. The first-order chi connectivity index (χ1) is 31.1. The molecule has 2 aromatic heterocycles. The fraction of sp³-hybridized carbons (Fsp3) is 0.314. The number of hydrogen-bond acceptors (Lipinski definition) is 8. The van der Waals surface area contributed by atoms with Crippen LogP contribution in [0, 0.1) is 5.92 Å². The third-order valence-electron chi connectivity index (χ3n) is 13.4. The summed E-state index contributed by atoms with van der Waals surface area (Å²) < 4.78 is 44.9. The van der Waals surface area contributed by atoms with Gasteiger partial charge in [0.1, 0.15) is 11.5 Å². The monoisotopic (exact) mass is 865 g/mol. The van der Waals surface area contributed by atoms with Crippen molar-refractivity contribution >= 4 is 34.0 Å². The molecule has 2 unspecified atom stereocenters. The summed E-state index contributed by atoms with van der Waals surface area (Å²) in [7, 11) is 0. The number of para-hydroxylation sites is 2. The number of hydrogen-bond donors (Lipinski definition) is 2. The number of piperazine rings is 1. The molecule has 0 radical (unpaired) electrons. The smallest absolute Gasteiger partial charge is 0.508 e. The van der Waals surface area contributed by atoms with Crippen molar-refractivity contribution in [3.8, 4) is 11.5 Å². The van der Waals surface area contributed by atoms with Crippen LogP contribution in [-0.4, -0.2) is 82.7 Å². The largest absolute Gasteiger partial charge is 0.573 e. The number of aromatic hydroxyl groups is 1. The maximum atomic E-state index is 13.0. The first-order valence-electron chi connectivity index (χ1n) is 22.2. The zero-order valence-electron chi connectivity index (χ0n) is 35.4. The molecular weight excluding hydrogens is 816 g/mol. The maximum Gasteiger partial charge on any atom is 0.573 e. The predicted molar refractivity (Wildman–Crippen MR) is 242 cm³/mol. The second-order valence-corrected chi connectivity index (χ2v) is 17.3. The molecule has 10 nitrogen and oxygen atoms in total. The van der Waals surface area contributed by atoms with Gasteiger partial charge in [0, 0.05) is 62.8 Å². The topological polar surface area (TPSA) is 98.5 Å². The Balaban J connectivity index is 0.764. The van der Waals surface area contributed by atoms with Crippen LogP contribution in [0.2, 0.25) is 0 Å². The molecule has 0 bridgehead atoms. The lowest BCUT2D eigenvalue weighted by atomic mass is 9.69. The molecule has 13 heteroatoms. The van der Waals surface area contributed by atoms with Crippen LogP contribution in [0.25, 0.3) is 16.4 Å². The number of alkyl halides is 3. The van der Waals surface area contributed by atoms with E-state index in [-0.39, 0.29) is 18.0 Å². The SMILES string of the molecule is O=C(NCc1cc2c3ccccc3nc(N3CCN(CC4CCN(c5ccc(C6c7ccc(O)cc7CCC6c6ccccc6)cc5)CC4)CC3)n2n1)c1ccccc1OC(F)(F)F. The van der Waals surface area contributed by atoms with Gasteiger partial charge in [-0.25, -0.2) is 4.98 Å². The average Bonchev–Trinajstić information content (AvgIpc) is 3.75. The summed E-state index contributed by atoms with van der Waals surface area (Å²) in [5, 5.41) is 18.7. The van der Waals surface area contributed by atoms with Gasteiger partial charge >= 0.3 is 6.36 Å². The summed E-state index contributed by atoms with van der Waals surface area (Å²) >= 11 is 0. The Morgan fingerprint density at radius 3 is 2.28 bits per heavy atom. The zero-order chi connectivity index (χ0) is 43.8. The summed E-state index contributed by atoms with van der Waals surface area (Å²) in [6.45, 7) is 6.47. The number of aromatic nitrogens is 3. The molecule has 328 valence electrons. The van der Waals surface area contributed by atoms with Crippen molar-refractivity contribution in [3.63, 3.8) is 0 Å². The van der Waals surface area contributed by atoms with Gasteiger partial charge in [-0.1, -0.05) is 78.9 Å². The number of phenolic OH excluding ortho intramolecular Hbond substituents is 1. The van der Waals surface area contributed by atoms with E-state index in [0.29, 0.717) is 23.3 Å². The maximum absolute atomic E-state index is 13.0. The van der Waals surface area contributed by atoms with Crippen LogP contribution in [0.5, 0.6) is 11.5 Å². The van der Waals surface area contributed by atoms with E-state index in [1.54, 1.807) is 0 Å². The molecule has 2 aliphatic heterocycles. The van der Waals surface area contributed by atoms with Crippen LogP contribution < -0.4 is 19.9 Å². The number of rotatable bonds is 10. The summed E-state index contributed by atoms with van der Waals surface area (Å²) in [5.74, 6) is 1.02. The van der Waals surface area contributed by atoms with Gasteiger partial charge < -0.3 is 25.0 Å². The van der Waals surface area contributed by atoms with Gasteiger partial charge in [-0.3, -0.25) is 9.69 Å². The van der Waals surface area contributed by atoms with Gasteiger partial charge in [0.05, 0.1) is 28.8 Å². The van der Waals surface area contributed by atoms with Crippen LogP contribution in [0.1, 0.15) is 69.4 Å². The van der Waals surface area contributed by atoms with Gasteiger partial charge in [-0.15, -0.1) is 13.2 Å². The van der Waals surface area contributed by atoms with Crippen molar-refractivity contribution in [2.24, 2.45) is 5.92 Å². The normalized spacial score (nSPS) is 18.6. The fourth-order valence-electron chi connectivity index (χ4n) is 10.2. The Labute approximate surface area is 369 Å². The Bertz CT molecular complexity index is 2760. The van der Waals surface area contributed by atoms with E-state index < -0.39 is 18.0 Å². The minimum absolute atomic E-state index is 0.00393. The number of amides is 1. The lowest BCUT2D eigenvalue weighted by molar-refractivity contribution is -0.274. The van der Waals surface area contributed by atoms with Gasteiger partial charge in [0.25, 0.3) is 5.91 Å². The molecule has 1 amide bonds. The number of aryl methyl sites for hydroxylation is 1. The van der Waals surface area contributed by atoms with E-state index in [4.69, 9.17) is 10.1 Å². The molecule has 10 rings (SSSR count). The molecule has 7 aromatic rings. The van der Waals surface area contributed by atoms with Crippen molar-refractivity contribution in [2.75, 3.05) is 55.6 Å². The van der Waals surface area contributed by atoms with Crippen molar-refractivity contribution in [1.82, 2.24) is 24.8 Å². The number of carbonyl (C=O) groups is 1. The van der Waals surface area contributed by atoms with E-state index in [2.05, 4.69) is 85.4 Å². The Kier molecular flexibility index (Phi) is 11.3. The molecule has 2 N–H and O–H groups in total. The first-order valence-corrected chi connectivity index (χ1v) is 22.2. The lowest BCUT2D eigenvalue weighted by Crippen LogP contribution is -2.49. The molecular formula is C51H50F3N7O3. The van der Waals surface area contributed by atoms with E-state index in [1.807, 2.05) is 47.0 Å². The minimum atomic E-state index is -4.92. The number of piperidine rings is 1. The number of phenols is 1. The molecule has 4 heterocycles. The lowest BCUT2D eigenvalue weighted by Gasteiger charge is -2.39. The van der Waals surface area contributed by atoms with Gasteiger partial charge in [0.2, 0.25) is 5.95 Å². The summed E-state index contributed by atoms with van der Waals surface area (Å²) in [5.41, 5.74) is 8.52. The quantitative estimate of drug-likeness (QED) is 0.141. The summed E-state index contributed by atoms with van der Waals surface area (Å²) in [6, 6.07) is 41.1. The Morgan fingerprint density at radius 1 is 0.766 bits per heavy atom. The highest BCUT2D eigenvalue weighted by Gasteiger charge is 2.34. The van der Waals surface area contributed by atoms with E-state index in [1.165, 1.54) is 46.1 Å². The van der Waals surface area contributed by atoms with Crippen LogP contribution in [0.3, 0.4) is 0 Å². The highest BCUT2D eigenvalue weighted by atomic mass is 19.4. The molecule has 1 aliphatic carbocycles. The first kappa shape index (κ1) is 41.4. The zero-order valence-corrected chi connectivity index (χ0v) is 35.4. The van der Waals surface area contributed by atoms with Crippen LogP contribution in [0.4, 0.5) is 24.8 Å². The van der Waals surface area contributed by atoms with Crippen molar-refractivity contribution in [3.05, 3.63) is 161 Å². The second-order valence-electron chi connectivity index (χ2n) is 17.3. The third-order valence-corrected chi connectivity index (χ3v) is 13.4. The Morgan fingerprint density at radius 2 is 1.50 bits per heavy atom. The minimum Gasteiger partial charge on any atom is -0.508 e. The molecule has 2 atom stereocenters. The number of fused-ring (bicyclic) bond motifs is 4. The second kappa shape index (κ2) is 17.5. The number of nitrogens with zero attached hydrogens (tertiary/aromatic N) is 6. The van der Waals surface area contributed by atoms with E-state index in [9.17, 15) is 23.1 Å². The molecule has 5 aromatic carbocycles. The van der Waals surface area contributed by atoms with Crippen molar-refractivity contribution < 1.29 is 27.8 Å². The molecule has 2 fully saturated rings. The molecule has 0 saturated carbocycles. The number of carbonyl (C=O) groups excluding carboxylic acids is 1. The number of benzene rings is 5. The van der Waals surface area contributed by atoms with Gasteiger partial charge in [-0.2, -0.15) is 9.61 Å². The standard InChI is InChI=1S/C51H50F3N7O3/c52-51(53,54)64-47-13-7-5-11-44(47)49(63)55-32-38-31-46-43-10-4-6-12-45(43)56-50(61(46)57-38)60-28-26-58(27-29-60)33-34-22-24-59(25-23-34)39-17-14-36(15-18-39)48-41(35-8-2-1-3-9-35)20-16-37-30-40(62)19-21-42(37)48/h1-15,17-19,21,30-31,34,41,48,62H,16,20,22-29,32-33H2,(H,55,63). The van der Waals surface area contributed by atoms with Gasteiger partial charge in [0.15, 0.2) is 0 Å². The Hall–Kier alpha value is -6.60. The summed E-state index contributed by atoms with van der Waals surface area (Å²) in [6.07, 6.45) is -0.645. The number of halogens is 3. The number of ether oxygens (including phenoxy) is 1. The van der Waals surface area contributed by atoms with E-state index >= 15 is 0 Å². The average molecular weight is 866 g/mol. The van der Waals surface area contributed by atoms with Crippen LogP contribution in [-0.2, 0) is 13.0 Å². The third kappa shape index (κ3) is 8.68. The highest BCUT2D eigenvalue weighted by molar-refractivity contribution is 5.97. The molecule has 2 saturated heterocycles. The fourth-order valence-corrected chi connectivity index (χ4v) is 10.2. The molecule has 0 spiro atoms. The van der Waals surface area contributed by atoms with Crippen molar-refractivity contribution in [2.45, 2.75) is 50.4 Å². The van der Waals surface area contributed by atoms with Crippen molar-refractivity contribution in [1.29, 1.82) is 0 Å². The molecule has 64 heavy (non-hydrogen) atoms. The highest BCUT2D eigenvalue weighted by Crippen LogP contribution is 2.47. The van der Waals surface area contributed by atoms with Gasteiger partial charge in [-0.05, 0) is 108 Å². The summed E-state index contributed by atoms with van der Waals surface area (Å²) in [4.78, 5) is 25.5. The van der Waals surface area contributed by atoms with Crippen LogP contribution in [0.15, 0.2) is 127 Å². The number of anilines is 2. The number of nitrogens with one attached hydrogen (secondary N) is 1. The predicted octanol–water partition coefficient (Wildman–Crippen LogP) is 9.32. The van der Waals surface area contributed by atoms with E-state index in [0.717, 1.165) is 99.9 Å².